The maximum absolute atomic E-state index is 11.8. The van der Waals surface area contributed by atoms with Gasteiger partial charge in [0.15, 0.2) is 5.69 Å². The highest BCUT2D eigenvalue weighted by Gasteiger charge is 2.21. The maximum Gasteiger partial charge on any atom is 0.274 e. The summed E-state index contributed by atoms with van der Waals surface area (Å²) in [5, 5.41) is 14.8. The van der Waals surface area contributed by atoms with Crippen LogP contribution in [0.1, 0.15) is 23.3 Å². The summed E-state index contributed by atoms with van der Waals surface area (Å²) in [6.45, 7) is 0.415. The predicted octanol–water partition coefficient (Wildman–Crippen LogP) is -0.204. The summed E-state index contributed by atoms with van der Waals surface area (Å²) in [6, 6.07) is 2.85. The smallest absolute Gasteiger partial charge is 0.274 e. The molecule has 1 aromatic heterocycles. The zero-order valence-corrected chi connectivity index (χ0v) is 9.14. The second kappa shape index (κ2) is 4.82. The number of aromatic nitrogens is 1. The van der Waals surface area contributed by atoms with Crippen molar-refractivity contribution in [2.75, 3.05) is 6.54 Å². The lowest BCUT2D eigenvalue weighted by molar-refractivity contribution is -0.122. The van der Waals surface area contributed by atoms with Gasteiger partial charge in [-0.25, -0.2) is 4.98 Å². The minimum absolute atomic E-state index is 0.00353. The Balaban J connectivity index is 1.98. The fourth-order valence-corrected chi connectivity index (χ4v) is 1.68. The fourth-order valence-electron chi connectivity index (χ4n) is 1.68. The number of carbonyl (C=O) groups excluding carboxylic acids is 2. The number of piperidine rings is 1. The van der Waals surface area contributed by atoms with Crippen molar-refractivity contribution in [3.05, 3.63) is 24.0 Å². The lowest BCUT2D eigenvalue weighted by Gasteiger charge is -2.23. The van der Waals surface area contributed by atoms with Gasteiger partial charge in [-0.2, -0.15) is 0 Å². The van der Waals surface area contributed by atoms with Gasteiger partial charge < -0.3 is 15.7 Å². The molecule has 1 aromatic rings. The third-order valence-electron chi connectivity index (χ3n) is 2.60. The highest BCUT2D eigenvalue weighted by atomic mass is 16.3. The summed E-state index contributed by atoms with van der Waals surface area (Å²) in [7, 11) is 0. The molecule has 1 atom stereocenters. The number of rotatable bonds is 2. The van der Waals surface area contributed by atoms with E-state index in [-0.39, 0.29) is 23.4 Å². The van der Waals surface area contributed by atoms with E-state index >= 15 is 0 Å². The van der Waals surface area contributed by atoms with Gasteiger partial charge >= 0.3 is 0 Å². The number of nitrogens with one attached hydrogen (secondary N) is 2. The largest absolute Gasteiger partial charge is 0.505 e. The molecular weight excluding hydrogens is 222 g/mol. The van der Waals surface area contributed by atoms with Crippen molar-refractivity contribution in [1.29, 1.82) is 0 Å². The van der Waals surface area contributed by atoms with Crippen LogP contribution in [-0.2, 0) is 4.79 Å². The Morgan fingerprint density at radius 1 is 1.59 bits per heavy atom. The summed E-state index contributed by atoms with van der Waals surface area (Å²) >= 11 is 0. The Bertz CT molecular complexity index is 437. The van der Waals surface area contributed by atoms with E-state index in [0.717, 1.165) is 0 Å². The number of hydrogen-bond acceptors (Lipinski definition) is 4. The lowest BCUT2D eigenvalue weighted by Crippen LogP contribution is -2.47. The summed E-state index contributed by atoms with van der Waals surface area (Å²) in [5.41, 5.74) is 0.00407. The van der Waals surface area contributed by atoms with Crippen LogP contribution >= 0.6 is 0 Å². The monoisotopic (exact) mass is 235 g/mol. The summed E-state index contributed by atoms with van der Waals surface area (Å²) in [6.07, 6.45) is 2.45. The lowest BCUT2D eigenvalue weighted by atomic mass is 10.1. The van der Waals surface area contributed by atoms with Crippen LogP contribution in [0, 0.1) is 0 Å². The summed E-state index contributed by atoms with van der Waals surface area (Å²) in [4.78, 5) is 26.5. The molecule has 2 amide bonds. The maximum atomic E-state index is 11.8. The molecule has 1 aliphatic heterocycles. The highest BCUT2D eigenvalue weighted by molar-refractivity contribution is 5.95. The molecule has 3 N–H and O–H groups in total. The molecule has 1 aliphatic rings. The van der Waals surface area contributed by atoms with E-state index in [4.69, 9.17) is 0 Å². The van der Waals surface area contributed by atoms with Crippen molar-refractivity contribution in [2.45, 2.75) is 18.9 Å². The molecular formula is C11H13N3O3. The van der Waals surface area contributed by atoms with Gasteiger partial charge in [0.1, 0.15) is 5.75 Å². The third-order valence-corrected chi connectivity index (χ3v) is 2.60. The molecule has 6 nitrogen and oxygen atoms in total. The quantitative estimate of drug-likeness (QED) is 0.661. The zero-order chi connectivity index (χ0) is 12.3. The molecule has 90 valence electrons. The molecule has 2 rings (SSSR count). The Labute approximate surface area is 98.1 Å². The van der Waals surface area contributed by atoms with E-state index in [2.05, 4.69) is 15.6 Å². The van der Waals surface area contributed by atoms with E-state index in [0.29, 0.717) is 19.4 Å². The van der Waals surface area contributed by atoms with Crippen molar-refractivity contribution in [1.82, 2.24) is 15.6 Å². The second-order valence-corrected chi connectivity index (χ2v) is 3.88. The van der Waals surface area contributed by atoms with Crippen LogP contribution < -0.4 is 10.6 Å². The minimum Gasteiger partial charge on any atom is -0.505 e. The molecule has 1 saturated heterocycles. The van der Waals surface area contributed by atoms with E-state index in [1.165, 1.54) is 12.3 Å². The first kappa shape index (κ1) is 11.4. The topological polar surface area (TPSA) is 91.3 Å². The summed E-state index contributed by atoms with van der Waals surface area (Å²) < 4.78 is 0. The van der Waals surface area contributed by atoms with Crippen LogP contribution in [0.2, 0.25) is 0 Å². The van der Waals surface area contributed by atoms with Gasteiger partial charge in [0.25, 0.3) is 5.91 Å². The fraction of sp³-hybridized carbons (Fsp3) is 0.364. The number of pyridine rings is 1. The summed E-state index contributed by atoms with van der Waals surface area (Å²) in [5.74, 6) is -0.578. The molecule has 17 heavy (non-hydrogen) atoms. The Morgan fingerprint density at radius 3 is 3.06 bits per heavy atom. The molecule has 0 aromatic carbocycles. The Kier molecular flexibility index (Phi) is 3.22. The van der Waals surface area contributed by atoms with Gasteiger partial charge in [-0.1, -0.05) is 0 Å². The van der Waals surface area contributed by atoms with Crippen LogP contribution in [0.15, 0.2) is 18.3 Å². The highest BCUT2D eigenvalue weighted by Crippen LogP contribution is 2.13. The molecule has 6 heteroatoms. The van der Waals surface area contributed by atoms with Gasteiger partial charge in [-0.15, -0.1) is 0 Å². The molecule has 0 spiro atoms. The van der Waals surface area contributed by atoms with Gasteiger partial charge in [-0.3, -0.25) is 9.59 Å². The standard InChI is InChI=1S/C11H13N3O3/c15-8-2-1-5-12-10(8)11(17)14-7-3-4-9(16)13-6-7/h1-2,5,7,15H,3-4,6H2,(H,13,16)(H,14,17). The van der Waals surface area contributed by atoms with Crippen LogP contribution in [-0.4, -0.2) is 34.5 Å². The van der Waals surface area contributed by atoms with E-state index < -0.39 is 5.91 Å². The average molecular weight is 235 g/mol. The van der Waals surface area contributed by atoms with Crippen molar-refractivity contribution in [2.24, 2.45) is 0 Å². The first-order valence-electron chi connectivity index (χ1n) is 5.38. The van der Waals surface area contributed by atoms with E-state index in [1.54, 1.807) is 6.07 Å². The molecule has 0 aliphatic carbocycles. The number of aromatic hydroxyl groups is 1. The molecule has 0 saturated carbocycles. The third kappa shape index (κ3) is 2.72. The SMILES string of the molecule is O=C1CCC(NC(=O)c2ncccc2O)CN1. The first-order valence-corrected chi connectivity index (χ1v) is 5.38. The number of nitrogens with zero attached hydrogens (tertiary/aromatic N) is 1. The van der Waals surface area contributed by atoms with Crippen LogP contribution in [0.3, 0.4) is 0 Å². The minimum atomic E-state index is -0.427. The van der Waals surface area contributed by atoms with Gasteiger partial charge in [0.05, 0.1) is 0 Å². The zero-order valence-electron chi connectivity index (χ0n) is 9.14. The number of carbonyl (C=O) groups is 2. The van der Waals surface area contributed by atoms with Crippen LogP contribution in [0.4, 0.5) is 0 Å². The molecule has 2 heterocycles. The van der Waals surface area contributed by atoms with Crippen LogP contribution in [0.25, 0.3) is 0 Å². The normalized spacial score (nSPS) is 19.5. The van der Waals surface area contributed by atoms with Crippen molar-refractivity contribution >= 4 is 11.8 Å². The van der Waals surface area contributed by atoms with Gasteiger partial charge in [0.2, 0.25) is 5.91 Å². The number of hydrogen-bond donors (Lipinski definition) is 3. The molecule has 0 bridgehead atoms. The van der Waals surface area contributed by atoms with Gasteiger partial charge in [0, 0.05) is 25.2 Å². The van der Waals surface area contributed by atoms with Crippen LogP contribution in [0.5, 0.6) is 5.75 Å². The van der Waals surface area contributed by atoms with E-state index in [9.17, 15) is 14.7 Å². The molecule has 1 unspecified atom stereocenters. The Hall–Kier alpha value is -2.11. The number of amides is 2. The second-order valence-electron chi connectivity index (χ2n) is 3.88. The predicted molar refractivity (Wildman–Crippen MR) is 59.4 cm³/mol. The average Bonchev–Trinajstić information content (AvgIpc) is 2.32. The van der Waals surface area contributed by atoms with Crippen molar-refractivity contribution in [3.63, 3.8) is 0 Å². The Morgan fingerprint density at radius 2 is 2.41 bits per heavy atom. The van der Waals surface area contributed by atoms with Crippen molar-refractivity contribution in [3.8, 4) is 5.75 Å². The molecule has 1 fully saturated rings. The van der Waals surface area contributed by atoms with Crippen molar-refractivity contribution < 1.29 is 14.7 Å². The first-order chi connectivity index (χ1) is 8.16. The van der Waals surface area contributed by atoms with E-state index in [1.807, 2.05) is 0 Å². The van der Waals surface area contributed by atoms with Gasteiger partial charge in [-0.05, 0) is 18.6 Å². The molecule has 0 radical (unpaired) electrons.